The summed E-state index contributed by atoms with van der Waals surface area (Å²) in [6.45, 7) is 7.36. The van der Waals surface area contributed by atoms with Crippen molar-refractivity contribution < 1.29 is 0 Å². The molecule has 26 heavy (non-hydrogen) atoms. The van der Waals surface area contributed by atoms with Crippen LogP contribution in [0.5, 0.6) is 0 Å². The molecule has 0 amide bonds. The molecule has 4 rings (SSSR count). The van der Waals surface area contributed by atoms with Crippen LogP contribution < -0.4 is 10.5 Å². The summed E-state index contributed by atoms with van der Waals surface area (Å²) in [4.78, 5) is 27.1. The Bertz CT molecular complexity index is 1250. The largest absolute Gasteiger partial charge is 0.384 e. The van der Waals surface area contributed by atoms with Crippen molar-refractivity contribution in [2.75, 3.05) is 19.0 Å². The Balaban J connectivity index is 2.07. The Labute approximate surface area is 157 Å². The minimum Gasteiger partial charge on any atom is -0.384 e. The molecule has 4 aromatic rings. The van der Waals surface area contributed by atoms with Gasteiger partial charge in [-0.05, 0) is 24.3 Å². The molecule has 128 valence electrons. The topological polar surface area (TPSA) is 55.4 Å². The average molecular weight is 382 g/mol. The van der Waals surface area contributed by atoms with Gasteiger partial charge in [0.1, 0.15) is 17.2 Å². The molecule has 8 heteroatoms. The maximum absolute atomic E-state index is 13.0. The summed E-state index contributed by atoms with van der Waals surface area (Å²) in [7, 11) is 3.70. The zero-order valence-electron chi connectivity index (χ0n) is 13.9. The van der Waals surface area contributed by atoms with Gasteiger partial charge in [-0.3, -0.25) is 9.36 Å². The van der Waals surface area contributed by atoms with Crippen LogP contribution in [0.2, 0.25) is 5.02 Å². The molecule has 0 fully saturated rings. The molecular formula is C18H12ClN5OS. The number of hydrogen-bond donors (Lipinski definition) is 0. The quantitative estimate of drug-likeness (QED) is 0.487. The van der Waals surface area contributed by atoms with Gasteiger partial charge < -0.3 is 9.74 Å². The lowest BCUT2D eigenvalue weighted by atomic mass is 10.2. The monoisotopic (exact) mass is 381 g/mol. The van der Waals surface area contributed by atoms with Gasteiger partial charge >= 0.3 is 0 Å². The van der Waals surface area contributed by atoms with Gasteiger partial charge in [0.05, 0.1) is 21.6 Å². The molecule has 0 radical (unpaired) electrons. The number of rotatable bonds is 2. The molecule has 0 N–H and O–H groups in total. The summed E-state index contributed by atoms with van der Waals surface area (Å²) < 4.78 is 2.85. The molecule has 0 spiro atoms. The van der Waals surface area contributed by atoms with Gasteiger partial charge in [0.25, 0.3) is 11.4 Å². The number of halogens is 1. The van der Waals surface area contributed by atoms with Crippen molar-refractivity contribution in [3.63, 3.8) is 0 Å². The summed E-state index contributed by atoms with van der Waals surface area (Å²) in [6.07, 6.45) is 3.14. The van der Waals surface area contributed by atoms with E-state index in [4.69, 9.17) is 18.2 Å². The van der Waals surface area contributed by atoms with Crippen molar-refractivity contribution >= 4 is 54.7 Å². The number of thiophene rings is 1. The smallest absolute Gasteiger partial charge is 0.293 e. The fraction of sp³-hybridized carbons (Fsp3) is 0.111. The van der Waals surface area contributed by atoms with Crippen LogP contribution in [0, 0.1) is 6.57 Å². The first-order valence-electron chi connectivity index (χ1n) is 7.65. The molecule has 0 aliphatic rings. The lowest BCUT2D eigenvalue weighted by molar-refractivity contribution is 0.967. The molecule has 3 aromatic heterocycles. The summed E-state index contributed by atoms with van der Waals surface area (Å²) >= 11 is 7.26. The van der Waals surface area contributed by atoms with Crippen molar-refractivity contribution in [1.82, 2.24) is 14.5 Å². The molecule has 6 nitrogen and oxygen atoms in total. The van der Waals surface area contributed by atoms with E-state index in [9.17, 15) is 4.79 Å². The number of hydrogen-bond acceptors (Lipinski definition) is 5. The van der Waals surface area contributed by atoms with E-state index in [-0.39, 0.29) is 5.56 Å². The lowest BCUT2D eigenvalue weighted by Crippen LogP contribution is -2.17. The second-order valence-electron chi connectivity index (χ2n) is 5.85. The lowest BCUT2D eigenvalue weighted by Gasteiger charge is -2.15. The molecule has 0 saturated heterocycles. The van der Waals surface area contributed by atoms with Crippen LogP contribution in [-0.4, -0.2) is 28.6 Å². The van der Waals surface area contributed by atoms with Crippen molar-refractivity contribution in [3.8, 4) is 5.69 Å². The average Bonchev–Trinajstić information content (AvgIpc) is 3.01. The third kappa shape index (κ3) is 2.43. The van der Waals surface area contributed by atoms with E-state index < -0.39 is 0 Å². The zero-order chi connectivity index (χ0) is 18.4. The highest BCUT2D eigenvalue weighted by molar-refractivity contribution is 7.25. The first-order valence-corrected chi connectivity index (χ1v) is 8.84. The molecular weight excluding hydrogens is 370 g/mol. The number of pyridine rings is 1. The molecule has 0 bridgehead atoms. The number of nitrogens with zero attached hydrogens (tertiary/aromatic N) is 5. The summed E-state index contributed by atoms with van der Waals surface area (Å²) in [5.74, 6) is 0.297. The van der Waals surface area contributed by atoms with E-state index in [0.29, 0.717) is 32.4 Å². The molecule has 0 aliphatic heterocycles. The minimum absolute atomic E-state index is 0.160. The molecule has 1 aromatic carbocycles. The third-order valence-electron chi connectivity index (χ3n) is 4.04. The predicted molar refractivity (Wildman–Crippen MR) is 106 cm³/mol. The van der Waals surface area contributed by atoms with E-state index in [1.165, 1.54) is 22.2 Å². The third-order valence-corrected chi connectivity index (χ3v) is 5.39. The van der Waals surface area contributed by atoms with Gasteiger partial charge in [0.2, 0.25) is 0 Å². The number of fused-ring (bicyclic) bond motifs is 3. The SMILES string of the molecule is [C-]#[N+]c1ncc2sc3c(=O)n(-c4ccc(Cl)cc4)cnc3c2c1N(C)C. The number of anilines is 1. The highest BCUT2D eigenvalue weighted by atomic mass is 35.5. The Morgan fingerprint density at radius 2 is 1.96 bits per heavy atom. The van der Waals surface area contributed by atoms with E-state index in [1.54, 1.807) is 30.5 Å². The van der Waals surface area contributed by atoms with Crippen molar-refractivity contribution in [2.24, 2.45) is 0 Å². The molecule has 0 saturated carbocycles. The van der Waals surface area contributed by atoms with Gasteiger partial charge in [0, 0.05) is 24.5 Å². The number of benzene rings is 1. The van der Waals surface area contributed by atoms with Crippen molar-refractivity contribution in [1.29, 1.82) is 0 Å². The van der Waals surface area contributed by atoms with Gasteiger partial charge in [0.15, 0.2) is 0 Å². The van der Waals surface area contributed by atoms with Gasteiger partial charge in [-0.25, -0.2) is 4.98 Å². The maximum Gasteiger partial charge on any atom is 0.293 e. The standard InChI is InChI=1S/C18H12ClN5OS/c1-20-17-15(23(2)3)13-12(8-21-17)26-16-14(13)22-9-24(18(16)25)11-6-4-10(19)5-7-11/h4-9H,2-3H3. The van der Waals surface area contributed by atoms with E-state index in [0.717, 1.165) is 10.1 Å². The van der Waals surface area contributed by atoms with Crippen LogP contribution in [0.3, 0.4) is 0 Å². The van der Waals surface area contributed by atoms with Gasteiger partial charge in [-0.2, -0.15) is 0 Å². The highest BCUT2D eigenvalue weighted by Gasteiger charge is 2.20. The van der Waals surface area contributed by atoms with Crippen LogP contribution in [0.1, 0.15) is 0 Å². The normalized spacial score (nSPS) is 11.0. The molecule has 0 atom stereocenters. The Kier molecular flexibility index (Phi) is 3.87. The van der Waals surface area contributed by atoms with Gasteiger partial charge in [-0.15, -0.1) is 16.3 Å². The first-order chi connectivity index (χ1) is 12.5. The van der Waals surface area contributed by atoms with Crippen LogP contribution in [-0.2, 0) is 0 Å². The van der Waals surface area contributed by atoms with Gasteiger partial charge in [-0.1, -0.05) is 18.2 Å². The molecule has 3 heterocycles. The Hall–Kier alpha value is -2.95. The van der Waals surface area contributed by atoms with Crippen LogP contribution in [0.25, 0.3) is 30.8 Å². The Morgan fingerprint density at radius 1 is 1.23 bits per heavy atom. The van der Waals surface area contributed by atoms with E-state index in [1.807, 2.05) is 19.0 Å². The zero-order valence-corrected chi connectivity index (χ0v) is 15.5. The second kappa shape index (κ2) is 6.09. The first kappa shape index (κ1) is 16.5. The predicted octanol–water partition coefficient (Wildman–Crippen LogP) is 4.27. The maximum atomic E-state index is 13.0. The Morgan fingerprint density at radius 3 is 2.62 bits per heavy atom. The minimum atomic E-state index is -0.160. The van der Waals surface area contributed by atoms with Crippen LogP contribution >= 0.6 is 22.9 Å². The van der Waals surface area contributed by atoms with E-state index >= 15 is 0 Å². The summed E-state index contributed by atoms with van der Waals surface area (Å²) in [6, 6.07) is 7.01. The second-order valence-corrected chi connectivity index (χ2v) is 7.34. The summed E-state index contributed by atoms with van der Waals surface area (Å²) in [5.41, 5.74) is 1.81. The summed E-state index contributed by atoms with van der Waals surface area (Å²) in [5, 5.41) is 1.39. The van der Waals surface area contributed by atoms with Crippen molar-refractivity contribution in [3.05, 3.63) is 63.6 Å². The van der Waals surface area contributed by atoms with Crippen LogP contribution in [0.4, 0.5) is 11.5 Å². The van der Waals surface area contributed by atoms with E-state index in [2.05, 4.69) is 14.8 Å². The fourth-order valence-corrected chi connectivity index (χ4v) is 4.07. The molecule has 0 unspecified atom stereocenters. The van der Waals surface area contributed by atoms with Crippen LogP contribution in [0.15, 0.2) is 41.6 Å². The fourth-order valence-electron chi connectivity index (χ4n) is 2.89. The molecule has 0 aliphatic carbocycles. The highest BCUT2D eigenvalue weighted by Crippen LogP contribution is 2.40. The van der Waals surface area contributed by atoms with Crippen molar-refractivity contribution in [2.45, 2.75) is 0 Å². The number of aromatic nitrogens is 3.